The normalized spacial score (nSPS) is 18.1. The van der Waals surface area contributed by atoms with Crippen LogP contribution in [0.1, 0.15) is 23.6 Å². The van der Waals surface area contributed by atoms with Crippen molar-refractivity contribution in [3.05, 3.63) is 41.5 Å². The van der Waals surface area contributed by atoms with Crippen LogP contribution in [-0.2, 0) is 19.4 Å². The summed E-state index contributed by atoms with van der Waals surface area (Å²) < 4.78 is 7.21. The highest BCUT2D eigenvalue weighted by molar-refractivity contribution is 5.30. The van der Waals surface area contributed by atoms with E-state index in [9.17, 15) is 0 Å². The molecular formula is C14H18N4O. The van der Waals surface area contributed by atoms with Crippen molar-refractivity contribution in [1.82, 2.24) is 14.8 Å². The highest BCUT2D eigenvalue weighted by Crippen LogP contribution is 2.17. The summed E-state index contributed by atoms with van der Waals surface area (Å²) in [6.45, 7) is 0.877. The number of aryl methyl sites for hydroxylation is 1. The van der Waals surface area contributed by atoms with Crippen molar-refractivity contribution in [2.24, 2.45) is 5.73 Å². The lowest BCUT2D eigenvalue weighted by molar-refractivity contribution is 0.414. The molecule has 2 heterocycles. The molecule has 3 rings (SSSR count). The van der Waals surface area contributed by atoms with Crippen LogP contribution in [0, 0.1) is 0 Å². The number of benzene rings is 1. The summed E-state index contributed by atoms with van der Waals surface area (Å²) in [5.41, 5.74) is 7.11. The van der Waals surface area contributed by atoms with Crippen LogP contribution in [0.5, 0.6) is 5.75 Å². The van der Waals surface area contributed by atoms with Crippen LogP contribution >= 0.6 is 0 Å². The molecule has 5 nitrogen and oxygen atoms in total. The molecule has 1 atom stereocenters. The van der Waals surface area contributed by atoms with Crippen molar-refractivity contribution >= 4 is 0 Å². The molecule has 1 aromatic heterocycles. The Morgan fingerprint density at radius 3 is 3.21 bits per heavy atom. The zero-order valence-corrected chi connectivity index (χ0v) is 11.0. The Morgan fingerprint density at radius 2 is 2.37 bits per heavy atom. The molecule has 0 amide bonds. The molecule has 1 unspecified atom stereocenters. The van der Waals surface area contributed by atoms with Gasteiger partial charge >= 0.3 is 0 Å². The van der Waals surface area contributed by atoms with Gasteiger partial charge in [0.2, 0.25) is 0 Å². The highest BCUT2D eigenvalue weighted by atomic mass is 16.5. The first-order valence-electron chi connectivity index (χ1n) is 6.55. The topological polar surface area (TPSA) is 66.0 Å². The van der Waals surface area contributed by atoms with Crippen LogP contribution in [-0.4, -0.2) is 27.9 Å². The third-order valence-electron chi connectivity index (χ3n) is 3.45. The quantitative estimate of drug-likeness (QED) is 0.897. The average molecular weight is 258 g/mol. The van der Waals surface area contributed by atoms with Crippen molar-refractivity contribution < 1.29 is 4.74 Å². The van der Waals surface area contributed by atoms with Crippen molar-refractivity contribution in [2.75, 3.05) is 7.11 Å². The summed E-state index contributed by atoms with van der Waals surface area (Å²) in [7, 11) is 1.67. The molecule has 100 valence electrons. The lowest BCUT2D eigenvalue weighted by Gasteiger charge is -2.17. The smallest absolute Gasteiger partial charge is 0.155 e. The zero-order chi connectivity index (χ0) is 13.2. The molecule has 19 heavy (non-hydrogen) atoms. The number of fused-ring (bicyclic) bond motifs is 1. The van der Waals surface area contributed by atoms with Gasteiger partial charge in [0.1, 0.15) is 11.6 Å². The molecule has 1 aromatic carbocycles. The van der Waals surface area contributed by atoms with Crippen LogP contribution < -0.4 is 10.5 Å². The molecule has 5 heteroatoms. The molecule has 1 aliphatic rings. The second-order valence-electron chi connectivity index (χ2n) is 4.95. The van der Waals surface area contributed by atoms with Crippen LogP contribution in [0.3, 0.4) is 0 Å². The fourth-order valence-corrected chi connectivity index (χ4v) is 2.42. The maximum absolute atomic E-state index is 5.95. The van der Waals surface area contributed by atoms with E-state index in [-0.39, 0.29) is 6.04 Å². The lowest BCUT2D eigenvalue weighted by atomic mass is 10.1. The van der Waals surface area contributed by atoms with Gasteiger partial charge in [-0.15, -0.1) is 0 Å². The molecule has 0 radical (unpaired) electrons. The minimum absolute atomic E-state index is 0.223. The molecular weight excluding hydrogens is 240 g/mol. The van der Waals surface area contributed by atoms with E-state index < -0.39 is 0 Å². The Bertz CT molecular complexity index is 579. The van der Waals surface area contributed by atoms with Crippen LogP contribution in [0.15, 0.2) is 24.3 Å². The fraction of sp³-hybridized carbons (Fsp3) is 0.429. The summed E-state index contributed by atoms with van der Waals surface area (Å²) in [5.74, 6) is 2.73. The molecule has 2 aromatic rings. The summed E-state index contributed by atoms with van der Waals surface area (Å²) in [6, 6.07) is 8.23. The maximum Gasteiger partial charge on any atom is 0.155 e. The number of ether oxygens (including phenoxy) is 1. The van der Waals surface area contributed by atoms with E-state index in [0.29, 0.717) is 0 Å². The van der Waals surface area contributed by atoms with E-state index in [1.807, 2.05) is 22.9 Å². The predicted octanol–water partition coefficient (Wildman–Crippen LogP) is 1.15. The van der Waals surface area contributed by atoms with Gasteiger partial charge in [0, 0.05) is 25.4 Å². The Kier molecular flexibility index (Phi) is 3.21. The van der Waals surface area contributed by atoms with Gasteiger partial charge in [-0.05, 0) is 24.1 Å². The van der Waals surface area contributed by atoms with Crippen molar-refractivity contribution in [2.45, 2.75) is 31.8 Å². The average Bonchev–Trinajstić information content (AvgIpc) is 2.80. The van der Waals surface area contributed by atoms with Gasteiger partial charge < -0.3 is 10.5 Å². The van der Waals surface area contributed by atoms with Gasteiger partial charge in [-0.1, -0.05) is 12.1 Å². The van der Waals surface area contributed by atoms with Crippen LogP contribution in [0.25, 0.3) is 0 Å². The van der Waals surface area contributed by atoms with Gasteiger partial charge in [0.05, 0.1) is 7.11 Å². The highest BCUT2D eigenvalue weighted by Gasteiger charge is 2.19. The monoisotopic (exact) mass is 258 g/mol. The number of aromatic nitrogens is 3. The number of nitrogens with zero attached hydrogens (tertiary/aromatic N) is 3. The van der Waals surface area contributed by atoms with E-state index in [0.717, 1.165) is 48.8 Å². The van der Waals surface area contributed by atoms with E-state index in [1.165, 1.54) is 0 Å². The van der Waals surface area contributed by atoms with E-state index in [1.54, 1.807) is 7.11 Å². The molecule has 0 fully saturated rings. The summed E-state index contributed by atoms with van der Waals surface area (Å²) >= 11 is 0. The van der Waals surface area contributed by atoms with Gasteiger partial charge in [0.15, 0.2) is 5.82 Å². The standard InChI is InChI=1S/C14H18N4O/c1-19-12-4-2-3-10(7-12)8-13-16-14-9-11(15)5-6-18(14)17-13/h2-4,7,11H,5-6,8-9,15H2,1H3. The molecule has 0 aliphatic carbocycles. The molecule has 0 spiro atoms. The minimum atomic E-state index is 0.223. The second kappa shape index (κ2) is 5.01. The Balaban J connectivity index is 1.80. The first-order valence-corrected chi connectivity index (χ1v) is 6.55. The molecule has 2 N–H and O–H groups in total. The van der Waals surface area contributed by atoms with Crippen LogP contribution in [0.2, 0.25) is 0 Å². The largest absolute Gasteiger partial charge is 0.497 e. The first kappa shape index (κ1) is 12.2. The fourth-order valence-electron chi connectivity index (χ4n) is 2.42. The predicted molar refractivity (Wildman–Crippen MR) is 72.1 cm³/mol. The molecule has 0 saturated carbocycles. The van der Waals surface area contributed by atoms with E-state index in [4.69, 9.17) is 10.5 Å². The summed E-state index contributed by atoms with van der Waals surface area (Å²) in [6.07, 6.45) is 2.53. The van der Waals surface area contributed by atoms with E-state index >= 15 is 0 Å². The number of hydrogen-bond donors (Lipinski definition) is 1. The number of methoxy groups -OCH3 is 1. The molecule has 1 aliphatic heterocycles. The lowest BCUT2D eigenvalue weighted by Crippen LogP contribution is -2.31. The molecule has 0 saturated heterocycles. The maximum atomic E-state index is 5.95. The van der Waals surface area contributed by atoms with Gasteiger partial charge in [-0.25, -0.2) is 9.67 Å². The second-order valence-corrected chi connectivity index (χ2v) is 4.95. The van der Waals surface area contributed by atoms with E-state index in [2.05, 4.69) is 16.1 Å². The van der Waals surface area contributed by atoms with Gasteiger partial charge in [-0.3, -0.25) is 0 Å². The minimum Gasteiger partial charge on any atom is -0.497 e. The van der Waals surface area contributed by atoms with Crippen molar-refractivity contribution in [1.29, 1.82) is 0 Å². The Hall–Kier alpha value is -1.88. The van der Waals surface area contributed by atoms with Crippen molar-refractivity contribution in [3.8, 4) is 5.75 Å². The van der Waals surface area contributed by atoms with Gasteiger partial charge in [0.25, 0.3) is 0 Å². The zero-order valence-electron chi connectivity index (χ0n) is 11.0. The third-order valence-corrected chi connectivity index (χ3v) is 3.45. The van der Waals surface area contributed by atoms with Crippen LogP contribution in [0.4, 0.5) is 0 Å². The SMILES string of the molecule is COc1cccc(Cc2nc3n(n2)CCC(N)C3)c1. The summed E-state index contributed by atoms with van der Waals surface area (Å²) in [4.78, 5) is 4.58. The van der Waals surface area contributed by atoms with Gasteiger partial charge in [-0.2, -0.15) is 5.10 Å². The Morgan fingerprint density at radius 1 is 1.47 bits per heavy atom. The molecule has 0 bridgehead atoms. The number of nitrogens with two attached hydrogens (primary N) is 1. The Labute approximate surface area is 112 Å². The van der Waals surface area contributed by atoms with Crippen molar-refractivity contribution in [3.63, 3.8) is 0 Å². The number of rotatable bonds is 3. The third kappa shape index (κ3) is 2.61. The first-order chi connectivity index (χ1) is 9.24. The summed E-state index contributed by atoms with van der Waals surface area (Å²) in [5, 5.41) is 4.55. The number of hydrogen-bond acceptors (Lipinski definition) is 4.